The van der Waals surface area contributed by atoms with Crippen molar-refractivity contribution in [2.75, 3.05) is 20.2 Å². The van der Waals surface area contributed by atoms with Gasteiger partial charge in [-0.05, 0) is 48.7 Å². The number of halogens is 2. The predicted molar refractivity (Wildman–Crippen MR) is 114 cm³/mol. The van der Waals surface area contributed by atoms with Crippen LogP contribution >= 0.6 is 23.2 Å². The highest BCUT2D eigenvalue weighted by Crippen LogP contribution is 2.22. The maximum absolute atomic E-state index is 12.7. The summed E-state index contributed by atoms with van der Waals surface area (Å²) in [6.45, 7) is 1.04. The molecule has 0 atom stereocenters. The average Bonchev–Trinajstić information content (AvgIpc) is 2.75. The van der Waals surface area contributed by atoms with E-state index in [-0.39, 0.29) is 17.7 Å². The molecule has 1 aliphatic heterocycles. The zero-order valence-corrected chi connectivity index (χ0v) is 17.4. The molecule has 1 aliphatic rings. The van der Waals surface area contributed by atoms with Gasteiger partial charge in [-0.2, -0.15) is 5.10 Å². The molecule has 0 bridgehead atoms. The van der Waals surface area contributed by atoms with Gasteiger partial charge in [-0.3, -0.25) is 9.59 Å². The lowest BCUT2D eigenvalue weighted by atomic mass is 9.95. The van der Waals surface area contributed by atoms with Crippen molar-refractivity contribution in [2.24, 2.45) is 11.0 Å². The van der Waals surface area contributed by atoms with Crippen LogP contribution in [-0.4, -0.2) is 43.1 Å². The summed E-state index contributed by atoms with van der Waals surface area (Å²) in [5.74, 6) is 0.246. The molecule has 1 saturated heterocycles. The van der Waals surface area contributed by atoms with E-state index in [4.69, 9.17) is 27.9 Å². The Morgan fingerprint density at radius 2 is 1.90 bits per heavy atom. The van der Waals surface area contributed by atoms with Gasteiger partial charge in [0.2, 0.25) is 5.91 Å². The normalized spacial score (nSPS) is 14.8. The van der Waals surface area contributed by atoms with Gasteiger partial charge in [-0.15, -0.1) is 0 Å². The number of hydrogen-bond donors (Lipinski definition) is 1. The Bertz CT molecular complexity index is 925. The largest absolute Gasteiger partial charge is 0.497 e. The highest BCUT2D eigenvalue weighted by Gasteiger charge is 2.27. The standard InChI is InChI=1S/C21H21Cl2N3O3/c1-29-17-4-2-3-16(12-17)21(28)26-9-7-15(8-10-26)20(27)25-24-13-14-5-6-18(22)19(23)11-14/h2-6,11-13,15H,7-10H2,1H3,(H,25,27)/b24-13-. The zero-order valence-electron chi connectivity index (χ0n) is 15.9. The molecule has 0 spiro atoms. The van der Waals surface area contributed by atoms with Crippen LogP contribution in [0.2, 0.25) is 10.0 Å². The molecule has 1 N–H and O–H groups in total. The van der Waals surface area contributed by atoms with Crippen LogP contribution in [-0.2, 0) is 4.79 Å². The molecule has 0 unspecified atom stereocenters. The number of amides is 2. The molecule has 29 heavy (non-hydrogen) atoms. The van der Waals surface area contributed by atoms with Gasteiger partial charge in [0.15, 0.2) is 0 Å². The second-order valence-corrected chi connectivity index (χ2v) is 7.52. The third-order valence-corrected chi connectivity index (χ3v) is 5.54. The van der Waals surface area contributed by atoms with Crippen molar-refractivity contribution in [3.8, 4) is 5.75 Å². The SMILES string of the molecule is COc1cccc(C(=O)N2CCC(C(=O)N/N=C\c3ccc(Cl)c(Cl)c3)CC2)c1. The maximum atomic E-state index is 12.7. The number of rotatable bonds is 5. The Morgan fingerprint density at radius 1 is 1.14 bits per heavy atom. The van der Waals surface area contributed by atoms with Gasteiger partial charge in [-0.25, -0.2) is 5.43 Å². The van der Waals surface area contributed by atoms with Gasteiger partial charge in [0.05, 0.1) is 23.4 Å². The number of hydrazone groups is 1. The number of nitrogens with zero attached hydrogens (tertiary/aromatic N) is 2. The lowest BCUT2D eigenvalue weighted by Gasteiger charge is -2.31. The number of piperidine rings is 1. The van der Waals surface area contributed by atoms with E-state index in [2.05, 4.69) is 10.5 Å². The van der Waals surface area contributed by atoms with Crippen LogP contribution in [0.25, 0.3) is 0 Å². The smallest absolute Gasteiger partial charge is 0.253 e. The van der Waals surface area contributed by atoms with Crippen molar-refractivity contribution in [2.45, 2.75) is 12.8 Å². The van der Waals surface area contributed by atoms with Gasteiger partial charge in [0, 0.05) is 24.6 Å². The first-order chi connectivity index (χ1) is 14.0. The number of likely N-dealkylation sites (tertiary alicyclic amines) is 1. The highest BCUT2D eigenvalue weighted by molar-refractivity contribution is 6.42. The van der Waals surface area contributed by atoms with E-state index in [0.29, 0.717) is 47.3 Å². The van der Waals surface area contributed by atoms with Crippen LogP contribution in [0.1, 0.15) is 28.8 Å². The van der Waals surface area contributed by atoms with E-state index in [9.17, 15) is 9.59 Å². The second kappa shape index (κ2) is 9.76. The third-order valence-electron chi connectivity index (χ3n) is 4.80. The van der Waals surface area contributed by atoms with E-state index in [0.717, 1.165) is 5.56 Å². The van der Waals surface area contributed by atoms with Gasteiger partial charge < -0.3 is 9.64 Å². The molecule has 8 heteroatoms. The molecule has 0 radical (unpaired) electrons. The summed E-state index contributed by atoms with van der Waals surface area (Å²) < 4.78 is 5.17. The monoisotopic (exact) mass is 433 g/mol. The quantitative estimate of drug-likeness (QED) is 0.571. The van der Waals surface area contributed by atoms with E-state index < -0.39 is 0 Å². The Labute approximate surface area is 179 Å². The van der Waals surface area contributed by atoms with Crippen LogP contribution in [0.5, 0.6) is 5.75 Å². The molecule has 0 aromatic heterocycles. The lowest BCUT2D eigenvalue weighted by molar-refractivity contribution is -0.126. The average molecular weight is 434 g/mol. The topological polar surface area (TPSA) is 71.0 Å². The van der Waals surface area contributed by atoms with Crippen molar-refractivity contribution in [3.05, 3.63) is 63.6 Å². The van der Waals surface area contributed by atoms with Crippen molar-refractivity contribution in [3.63, 3.8) is 0 Å². The molecule has 2 amide bonds. The summed E-state index contributed by atoms with van der Waals surface area (Å²) in [6.07, 6.45) is 2.69. The molecule has 0 aliphatic carbocycles. The number of carbonyl (C=O) groups excluding carboxylic acids is 2. The van der Waals surface area contributed by atoms with Crippen LogP contribution in [0.4, 0.5) is 0 Å². The van der Waals surface area contributed by atoms with E-state index in [1.54, 1.807) is 54.5 Å². The minimum atomic E-state index is -0.185. The molecular weight excluding hydrogens is 413 g/mol. The summed E-state index contributed by atoms with van der Waals surface area (Å²) in [5, 5.41) is 4.87. The van der Waals surface area contributed by atoms with Crippen LogP contribution in [0.15, 0.2) is 47.6 Å². The fourth-order valence-corrected chi connectivity index (χ4v) is 3.44. The summed E-state index contributed by atoms with van der Waals surface area (Å²) >= 11 is 11.8. The maximum Gasteiger partial charge on any atom is 0.253 e. The van der Waals surface area contributed by atoms with Crippen molar-refractivity contribution in [1.29, 1.82) is 0 Å². The first-order valence-electron chi connectivity index (χ1n) is 9.19. The van der Waals surface area contributed by atoms with Crippen LogP contribution in [0.3, 0.4) is 0 Å². The van der Waals surface area contributed by atoms with Crippen LogP contribution < -0.4 is 10.2 Å². The first kappa shape index (κ1) is 21.1. The molecule has 3 rings (SSSR count). The molecule has 2 aromatic rings. The molecule has 152 valence electrons. The Kier molecular flexibility index (Phi) is 7.12. The lowest BCUT2D eigenvalue weighted by Crippen LogP contribution is -2.42. The molecular formula is C21H21Cl2N3O3. The minimum absolute atomic E-state index is 0.0552. The number of ether oxygens (including phenoxy) is 1. The second-order valence-electron chi connectivity index (χ2n) is 6.71. The number of carbonyl (C=O) groups is 2. The predicted octanol–water partition coefficient (Wildman–Crippen LogP) is 4.00. The van der Waals surface area contributed by atoms with Gasteiger partial charge in [0.25, 0.3) is 5.91 Å². The minimum Gasteiger partial charge on any atom is -0.497 e. The molecule has 0 saturated carbocycles. The van der Waals surface area contributed by atoms with Gasteiger partial charge >= 0.3 is 0 Å². The van der Waals surface area contributed by atoms with E-state index >= 15 is 0 Å². The van der Waals surface area contributed by atoms with Crippen molar-refractivity contribution in [1.82, 2.24) is 10.3 Å². The number of methoxy groups -OCH3 is 1. The fourth-order valence-electron chi connectivity index (χ4n) is 3.14. The van der Waals surface area contributed by atoms with Crippen LogP contribution in [0, 0.1) is 5.92 Å². The molecule has 2 aromatic carbocycles. The van der Waals surface area contributed by atoms with Crippen molar-refractivity contribution < 1.29 is 14.3 Å². The zero-order chi connectivity index (χ0) is 20.8. The summed E-state index contributed by atoms with van der Waals surface area (Å²) in [5.41, 5.74) is 3.88. The Balaban J connectivity index is 1.50. The highest BCUT2D eigenvalue weighted by atomic mass is 35.5. The summed E-state index contributed by atoms with van der Waals surface area (Å²) in [7, 11) is 1.57. The summed E-state index contributed by atoms with van der Waals surface area (Å²) in [4.78, 5) is 26.8. The van der Waals surface area contributed by atoms with E-state index in [1.165, 1.54) is 6.21 Å². The molecule has 1 fully saturated rings. The Morgan fingerprint density at radius 3 is 2.59 bits per heavy atom. The van der Waals surface area contributed by atoms with Gasteiger partial charge in [0.1, 0.15) is 5.75 Å². The number of nitrogens with one attached hydrogen (secondary N) is 1. The Hall–Kier alpha value is -2.57. The molecule has 6 nitrogen and oxygen atoms in total. The summed E-state index contributed by atoms with van der Waals surface area (Å²) in [6, 6.07) is 12.2. The van der Waals surface area contributed by atoms with Crippen molar-refractivity contribution >= 4 is 41.2 Å². The van der Waals surface area contributed by atoms with Gasteiger partial charge in [-0.1, -0.05) is 35.3 Å². The number of benzene rings is 2. The number of hydrogen-bond acceptors (Lipinski definition) is 4. The fraction of sp³-hybridized carbons (Fsp3) is 0.286. The third kappa shape index (κ3) is 5.49. The van der Waals surface area contributed by atoms with E-state index in [1.807, 2.05) is 0 Å². The first-order valence-corrected chi connectivity index (χ1v) is 9.95. The molecule has 1 heterocycles.